The van der Waals surface area contributed by atoms with Crippen LogP contribution >= 0.6 is 0 Å². The minimum atomic E-state index is -1.57. The molecule has 2 aromatic carbocycles. The van der Waals surface area contributed by atoms with Gasteiger partial charge in [-0.3, -0.25) is 59.4 Å². The predicted octanol–water partition coefficient (Wildman–Crippen LogP) is -3.35. The summed E-state index contributed by atoms with van der Waals surface area (Å²) in [4.78, 5) is 134. The molecule has 0 aliphatic heterocycles. The second-order valence-corrected chi connectivity index (χ2v) is 18.5. The van der Waals surface area contributed by atoms with Crippen molar-refractivity contribution in [3.63, 3.8) is 0 Å². The first-order valence-electron chi connectivity index (χ1n) is 25.9. The summed E-state index contributed by atoms with van der Waals surface area (Å²) in [6, 6.07) is 4.06. The normalized spacial score (nSPS) is 13.7. The van der Waals surface area contributed by atoms with Gasteiger partial charge in [-0.1, -0.05) is 80.4 Å². The van der Waals surface area contributed by atoms with Crippen molar-refractivity contribution in [1.82, 2.24) is 53.2 Å². The Labute approximate surface area is 462 Å². The fraction of sp³-hybridized carbons (Fsp3) is 0.500. The molecule has 0 aliphatic carbocycles. The maximum absolute atomic E-state index is 14.7. The number of benzene rings is 2. The number of primary amides is 1. The number of rotatable bonds is 38. The van der Waals surface area contributed by atoms with E-state index in [9.17, 15) is 53.1 Å². The predicted molar refractivity (Wildman–Crippen MR) is 292 cm³/mol. The zero-order chi connectivity index (χ0) is 59.7. The Morgan fingerprint density at radius 2 is 0.775 bits per heavy atom. The fourth-order valence-electron chi connectivity index (χ4n) is 7.74. The van der Waals surface area contributed by atoms with Crippen molar-refractivity contribution in [3.05, 3.63) is 71.8 Å². The summed E-state index contributed by atoms with van der Waals surface area (Å²) in [6.45, 7) is 2.12. The molecule has 2 aromatic rings. The number of carboxylic acid groups (broad SMARTS) is 2. The Kier molecular flexibility index (Phi) is 30.2. The molecule has 0 spiro atoms. The topological polar surface area (TPSA) is 533 Å². The summed E-state index contributed by atoms with van der Waals surface area (Å²) >= 11 is 0. The number of carbonyl (C=O) groups is 10. The quantitative estimate of drug-likeness (QED) is 0.0177. The van der Waals surface area contributed by atoms with Crippen LogP contribution in [0.25, 0.3) is 0 Å². The Morgan fingerprint density at radius 3 is 1.16 bits per heavy atom. The van der Waals surface area contributed by atoms with E-state index in [-0.39, 0.29) is 106 Å². The highest BCUT2D eigenvalue weighted by atomic mass is 16.4. The number of guanidine groups is 3. The molecule has 0 saturated heterocycles. The summed E-state index contributed by atoms with van der Waals surface area (Å²) < 4.78 is 0. The van der Waals surface area contributed by atoms with E-state index in [1.165, 1.54) is 24.3 Å². The average Bonchev–Trinajstić information content (AvgIpc) is 3.41. The van der Waals surface area contributed by atoms with Crippen molar-refractivity contribution >= 4 is 77.1 Å². The molecule has 25 N–H and O–H groups in total. The van der Waals surface area contributed by atoms with Crippen molar-refractivity contribution < 1.29 is 58.2 Å². The first-order chi connectivity index (χ1) is 37.9. The van der Waals surface area contributed by atoms with Crippen LogP contribution in [0.1, 0.15) is 114 Å². The van der Waals surface area contributed by atoms with Gasteiger partial charge in [0.15, 0.2) is 17.9 Å². The van der Waals surface area contributed by atoms with Gasteiger partial charge < -0.3 is 92.0 Å². The third-order valence-electron chi connectivity index (χ3n) is 12.0. The molecule has 8 amide bonds. The number of aliphatic carboxylic acids is 2. The highest BCUT2D eigenvalue weighted by molar-refractivity contribution is 5.98. The van der Waals surface area contributed by atoms with Crippen LogP contribution in [-0.4, -0.2) is 143 Å². The maximum atomic E-state index is 14.7. The van der Waals surface area contributed by atoms with Gasteiger partial charge in [-0.15, -0.1) is 0 Å². The number of nitrogens with one attached hydrogen (secondary N) is 13. The lowest BCUT2D eigenvalue weighted by Crippen LogP contribution is -2.58. The number of hydrogen-bond acceptors (Lipinski definition) is 14. The molecule has 30 heteroatoms. The smallest absolute Gasteiger partial charge is 0.326 e. The van der Waals surface area contributed by atoms with Gasteiger partial charge in [0.25, 0.3) is 0 Å². The molecule has 0 bridgehead atoms. The third kappa shape index (κ3) is 26.3. The Bertz CT molecular complexity index is 2440. The lowest BCUT2D eigenvalue weighted by molar-refractivity contribution is -0.142. The SMILES string of the molecule is CCCC[C@H](NC(=O)[C@H](CCC(N)=O)NC(=O)[C@H](CCCNC(=N)N)NC(=O)[C@@H](N)CCC(=O)O)C(=O)N[C@H](C(=O)N[C@H](C(=O)N[C@@H](CCCNC(=N)N)C(=O)N[C@@H](CCCNC(=N)N)C(=O)O)c1ccccc1)c1ccccc1. The van der Waals surface area contributed by atoms with E-state index >= 15 is 0 Å². The third-order valence-corrected chi connectivity index (χ3v) is 12.0. The van der Waals surface area contributed by atoms with Crippen LogP contribution in [0.3, 0.4) is 0 Å². The largest absolute Gasteiger partial charge is 0.481 e. The second kappa shape index (κ2) is 36.1. The summed E-state index contributed by atoms with van der Waals surface area (Å²) in [5.74, 6) is -10.9. The lowest BCUT2D eigenvalue weighted by Gasteiger charge is -2.28. The minimum Gasteiger partial charge on any atom is -0.481 e. The molecule has 0 aromatic heterocycles. The summed E-state index contributed by atoms with van der Waals surface area (Å²) in [5, 5.41) is 67.0. The molecule has 0 heterocycles. The zero-order valence-electron chi connectivity index (χ0n) is 44.6. The molecule has 440 valence electrons. The Hall–Kier alpha value is -9.09. The van der Waals surface area contributed by atoms with Crippen molar-refractivity contribution in [2.75, 3.05) is 19.6 Å². The summed E-state index contributed by atoms with van der Waals surface area (Å²) in [6.07, 6.45) is -0.485. The van der Waals surface area contributed by atoms with E-state index in [2.05, 4.69) is 53.2 Å². The van der Waals surface area contributed by atoms with E-state index in [0.717, 1.165) is 0 Å². The van der Waals surface area contributed by atoms with E-state index in [4.69, 9.17) is 50.0 Å². The number of amides is 8. The number of hydrogen-bond donors (Lipinski definition) is 20. The Balaban J connectivity index is 2.53. The van der Waals surface area contributed by atoms with Gasteiger partial charge in [0, 0.05) is 32.5 Å². The van der Waals surface area contributed by atoms with Gasteiger partial charge >= 0.3 is 11.9 Å². The summed E-state index contributed by atoms with van der Waals surface area (Å²) in [7, 11) is 0. The van der Waals surface area contributed by atoms with Crippen LogP contribution in [0, 0.1) is 16.2 Å². The van der Waals surface area contributed by atoms with Crippen LogP contribution in [-0.2, 0) is 47.9 Å². The molecular weight excluding hydrogens is 1040 g/mol. The standard InChI is InChI=1S/C50H78N18O12/c1-2-3-17-31(63-43(75)34(22-23-36(52)69)64-41(73)32(18-10-25-59-48(53)54)62-40(72)30(51)21-24-37(70)71)44(76)67-39(29-15-8-5-9-16-29)46(78)68-38(28-13-6-4-7-14-28)45(77)65-33(19-11-26-60-49(55)56)42(74)66-35(47(79)80)20-12-27-61-50(57)58/h4-9,13-16,30-35,38-39H,2-3,10-12,17-27,51H2,1H3,(H2,52,69)(H,62,72)(H,63,75)(H,64,73)(H,65,77)(H,66,74)(H,67,76)(H,68,78)(H,70,71)(H,79,80)(H4,53,54,59)(H4,55,56,60)(H4,57,58,61)/t30-,31-,32-,33-,34-,35-,38-,39-/m0/s1. The van der Waals surface area contributed by atoms with Gasteiger partial charge in [-0.2, -0.15) is 0 Å². The number of unbranched alkanes of at least 4 members (excludes halogenated alkanes) is 1. The van der Waals surface area contributed by atoms with Crippen LogP contribution in [0.4, 0.5) is 0 Å². The van der Waals surface area contributed by atoms with Crippen molar-refractivity contribution in [1.29, 1.82) is 16.2 Å². The van der Waals surface area contributed by atoms with Crippen LogP contribution in [0.15, 0.2) is 60.7 Å². The first kappa shape index (κ1) is 67.0. The number of carboxylic acids is 2. The monoisotopic (exact) mass is 1120 g/mol. The molecule has 0 radical (unpaired) electrons. The van der Waals surface area contributed by atoms with Crippen molar-refractivity contribution in [2.24, 2.45) is 28.7 Å². The van der Waals surface area contributed by atoms with E-state index in [1.54, 1.807) is 36.4 Å². The molecule has 8 atom stereocenters. The molecule has 0 unspecified atom stereocenters. The molecule has 30 nitrogen and oxygen atoms in total. The maximum Gasteiger partial charge on any atom is 0.326 e. The van der Waals surface area contributed by atoms with Gasteiger partial charge in [0.2, 0.25) is 47.3 Å². The van der Waals surface area contributed by atoms with Gasteiger partial charge in [0.1, 0.15) is 42.3 Å². The number of nitrogens with two attached hydrogens (primary N) is 5. The molecule has 0 aliphatic rings. The zero-order valence-corrected chi connectivity index (χ0v) is 44.6. The molecule has 2 rings (SSSR count). The van der Waals surface area contributed by atoms with E-state index in [1.807, 2.05) is 6.92 Å². The van der Waals surface area contributed by atoms with Crippen LogP contribution < -0.4 is 81.8 Å². The minimum absolute atomic E-state index is 0.0117. The van der Waals surface area contributed by atoms with Gasteiger partial charge in [-0.25, -0.2) is 4.79 Å². The molecular formula is C50H78N18O12. The van der Waals surface area contributed by atoms with Crippen LogP contribution in [0.2, 0.25) is 0 Å². The van der Waals surface area contributed by atoms with Crippen LogP contribution in [0.5, 0.6) is 0 Å². The molecule has 0 saturated carbocycles. The van der Waals surface area contributed by atoms with E-state index < -0.39 is 120 Å². The second-order valence-electron chi connectivity index (χ2n) is 18.5. The van der Waals surface area contributed by atoms with Crippen molar-refractivity contribution in [3.8, 4) is 0 Å². The highest BCUT2D eigenvalue weighted by Crippen LogP contribution is 2.20. The molecule has 80 heavy (non-hydrogen) atoms. The molecule has 0 fully saturated rings. The average molecular weight is 1120 g/mol. The van der Waals surface area contributed by atoms with E-state index in [0.29, 0.717) is 12.8 Å². The first-order valence-corrected chi connectivity index (χ1v) is 25.9. The highest BCUT2D eigenvalue weighted by Gasteiger charge is 2.35. The fourth-order valence-corrected chi connectivity index (χ4v) is 7.74. The van der Waals surface area contributed by atoms with Gasteiger partial charge in [0.05, 0.1) is 6.04 Å². The summed E-state index contributed by atoms with van der Waals surface area (Å²) in [5.41, 5.74) is 27.9. The van der Waals surface area contributed by atoms with Crippen molar-refractivity contribution in [2.45, 2.75) is 139 Å². The lowest BCUT2D eigenvalue weighted by atomic mass is 10.0. The van der Waals surface area contributed by atoms with Gasteiger partial charge in [-0.05, 0) is 68.9 Å². The number of carbonyl (C=O) groups excluding carboxylic acids is 8. The Morgan fingerprint density at radius 1 is 0.438 bits per heavy atom.